The van der Waals surface area contributed by atoms with Crippen LogP contribution >= 0.6 is 11.6 Å². The van der Waals surface area contributed by atoms with Crippen molar-refractivity contribution in [2.75, 3.05) is 10.8 Å². The van der Waals surface area contributed by atoms with Gasteiger partial charge in [0, 0.05) is 18.5 Å². The molecule has 0 spiro atoms. The van der Waals surface area contributed by atoms with Gasteiger partial charge in [0.05, 0.1) is 15.6 Å². The molecule has 7 nitrogen and oxygen atoms in total. The third kappa shape index (κ3) is 8.49. The van der Waals surface area contributed by atoms with E-state index in [9.17, 15) is 18.0 Å². The maximum absolute atomic E-state index is 14.5. The van der Waals surface area contributed by atoms with Gasteiger partial charge in [0.2, 0.25) is 11.8 Å². The van der Waals surface area contributed by atoms with Crippen molar-refractivity contribution in [1.82, 2.24) is 10.2 Å². The van der Waals surface area contributed by atoms with Gasteiger partial charge in [-0.05, 0) is 63.1 Å². The van der Waals surface area contributed by atoms with Gasteiger partial charge in [-0.1, -0.05) is 102 Å². The molecular weight excluding hydrogens is 594 g/mol. The van der Waals surface area contributed by atoms with Crippen molar-refractivity contribution in [3.63, 3.8) is 0 Å². The molecule has 9 heteroatoms. The van der Waals surface area contributed by atoms with Gasteiger partial charge < -0.3 is 10.2 Å². The van der Waals surface area contributed by atoms with Crippen LogP contribution < -0.4 is 9.62 Å². The fourth-order valence-electron chi connectivity index (χ4n) is 4.79. The summed E-state index contributed by atoms with van der Waals surface area (Å²) in [6.45, 7) is 7.02. The van der Waals surface area contributed by atoms with Gasteiger partial charge in [-0.25, -0.2) is 8.42 Å². The average molecular weight is 632 g/mol. The Morgan fingerprint density at radius 1 is 0.795 bits per heavy atom. The molecule has 230 valence electrons. The van der Waals surface area contributed by atoms with E-state index < -0.39 is 34.1 Å². The highest BCUT2D eigenvalue weighted by Crippen LogP contribution is 2.31. The van der Waals surface area contributed by atoms with Crippen molar-refractivity contribution in [2.45, 2.75) is 57.1 Å². The van der Waals surface area contributed by atoms with Crippen molar-refractivity contribution >= 4 is 39.1 Å². The number of para-hydroxylation sites is 1. The molecule has 0 unspecified atom stereocenters. The molecular formula is C35H38ClN3O4S. The van der Waals surface area contributed by atoms with Crippen LogP contribution in [0.1, 0.15) is 37.5 Å². The van der Waals surface area contributed by atoms with Gasteiger partial charge in [0.15, 0.2) is 0 Å². The highest BCUT2D eigenvalue weighted by atomic mass is 35.5. The van der Waals surface area contributed by atoms with Gasteiger partial charge in [-0.3, -0.25) is 13.9 Å². The Bertz CT molecular complexity index is 1670. The van der Waals surface area contributed by atoms with Crippen LogP contribution in [0.15, 0.2) is 114 Å². The van der Waals surface area contributed by atoms with Crippen LogP contribution in [0.25, 0.3) is 0 Å². The molecule has 1 N–H and O–H groups in total. The summed E-state index contributed by atoms with van der Waals surface area (Å²) in [4.78, 5) is 29.9. The number of nitrogens with one attached hydrogen (secondary N) is 1. The zero-order chi connectivity index (χ0) is 31.9. The van der Waals surface area contributed by atoms with Crippen molar-refractivity contribution in [3.05, 3.63) is 131 Å². The summed E-state index contributed by atoms with van der Waals surface area (Å²) in [6.07, 6.45) is 0.234. The third-order valence-corrected chi connectivity index (χ3v) is 9.07. The first kappa shape index (κ1) is 32.8. The predicted octanol–water partition coefficient (Wildman–Crippen LogP) is 6.40. The van der Waals surface area contributed by atoms with E-state index in [2.05, 4.69) is 5.32 Å². The van der Waals surface area contributed by atoms with E-state index in [1.165, 1.54) is 17.0 Å². The molecule has 0 aliphatic rings. The lowest BCUT2D eigenvalue weighted by atomic mass is 10.0. The molecule has 0 fully saturated rings. The molecule has 0 radical (unpaired) electrons. The molecule has 0 aromatic heterocycles. The topological polar surface area (TPSA) is 86.8 Å². The van der Waals surface area contributed by atoms with E-state index in [0.717, 1.165) is 21.0 Å². The van der Waals surface area contributed by atoms with Crippen molar-refractivity contribution in [1.29, 1.82) is 0 Å². The summed E-state index contributed by atoms with van der Waals surface area (Å²) in [6, 6.07) is 30.8. The average Bonchev–Trinajstić information content (AvgIpc) is 2.98. The molecule has 44 heavy (non-hydrogen) atoms. The van der Waals surface area contributed by atoms with E-state index >= 15 is 0 Å². The number of amides is 2. The Hall–Kier alpha value is -4.14. The lowest BCUT2D eigenvalue weighted by Crippen LogP contribution is -2.56. The highest BCUT2D eigenvalue weighted by Gasteiger charge is 2.36. The Morgan fingerprint density at radius 3 is 1.91 bits per heavy atom. The SMILES string of the molecule is Cc1ccc(S(=O)(=O)N(CC(=O)N(Cc2ccccc2)[C@H](Cc2ccccc2)C(=O)NC(C)(C)C)c2ccccc2Cl)cc1. The zero-order valence-electron chi connectivity index (χ0n) is 25.4. The van der Waals surface area contributed by atoms with Crippen LogP contribution in [0.5, 0.6) is 0 Å². The van der Waals surface area contributed by atoms with Crippen LogP contribution in [0.4, 0.5) is 5.69 Å². The second kappa shape index (κ2) is 14.1. The number of halogens is 1. The molecule has 0 aliphatic heterocycles. The van der Waals surface area contributed by atoms with E-state index in [1.54, 1.807) is 36.4 Å². The smallest absolute Gasteiger partial charge is 0.264 e. The molecule has 4 rings (SSSR count). The lowest BCUT2D eigenvalue weighted by molar-refractivity contribution is -0.140. The largest absolute Gasteiger partial charge is 0.350 e. The number of anilines is 1. The van der Waals surface area contributed by atoms with Crippen LogP contribution in [0.3, 0.4) is 0 Å². The number of nitrogens with zero attached hydrogens (tertiary/aromatic N) is 2. The second-order valence-electron chi connectivity index (χ2n) is 11.7. The summed E-state index contributed by atoms with van der Waals surface area (Å²) in [7, 11) is -4.23. The number of benzene rings is 4. The van der Waals surface area contributed by atoms with E-state index in [4.69, 9.17) is 11.6 Å². The monoisotopic (exact) mass is 631 g/mol. The van der Waals surface area contributed by atoms with Crippen molar-refractivity contribution < 1.29 is 18.0 Å². The number of carbonyl (C=O) groups is 2. The van der Waals surface area contributed by atoms with E-state index in [1.807, 2.05) is 88.4 Å². The van der Waals surface area contributed by atoms with Crippen LogP contribution in [-0.4, -0.2) is 43.3 Å². The molecule has 0 bridgehead atoms. The Kier molecular flexibility index (Phi) is 10.5. The predicted molar refractivity (Wildman–Crippen MR) is 176 cm³/mol. The quantitative estimate of drug-likeness (QED) is 0.208. The fraction of sp³-hybridized carbons (Fsp3) is 0.257. The molecule has 0 saturated carbocycles. The van der Waals surface area contributed by atoms with Gasteiger partial charge in [-0.15, -0.1) is 0 Å². The van der Waals surface area contributed by atoms with Gasteiger partial charge in [0.25, 0.3) is 10.0 Å². The fourth-order valence-corrected chi connectivity index (χ4v) is 6.51. The van der Waals surface area contributed by atoms with Crippen molar-refractivity contribution in [2.24, 2.45) is 0 Å². The Labute approximate surface area is 265 Å². The van der Waals surface area contributed by atoms with Crippen LogP contribution in [0.2, 0.25) is 5.02 Å². The minimum absolute atomic E-state index is 0.0248. The molecule has 0 saturated heterocycles. The first-order valence-corrected chi connectivity index (χ1v) is 16.2. The summed E-state index contributed by atoms with van der Waals surface area (Å²) in [5, 5.41) is 3.21. The number of sulfonamides is 1. The van der Waals surface area contributed by atoms with E-state index in [0.29, 0.717) is 0 Å². The number of hydrogen-bond donors (Lipinski definition) is 1. The standard InChI is InChI=1S/C35H38ClN3O4S/c1-26-19-21-29(22-20-26)44(42,43)39(31-18-12-11-17-30(31)36)25-33(40)38(24-28-15-9-6-10-16-28)32(34(41)37-35(2,3)4)23-27-13-7-5-8-14-27/h5-22,32H,23-25H2,1-4H3,(H,37,41)/t32-/m1/s1. The minimum atomic E-state index is -4.23. The van der Waals surface area contributed by atoms with Crippen LogP contribution in [-0.2, 0) is 32.6 Å². The third-order valence-electron chi connectivity index (χ3n) is 6.97. The normalized spacial score (nSPS) is 12.3. The zero-order valence-corrected chi connectivity index (χ0v) is 27.0. The Balaban J connectivity index is 1.81. The molecule has 4 aromatic carbocycles. The summed E-state index contributed by atoms with van der Waals surface area (Å²) in [5.74, 6) is -0.884. The Morgan fingerprint density at radius 2 is 1.34 bits per heavy atom. The highest BCUT2D eigenvalue weighted by molar-refractivity contribution is 7.92. The summed E-state index contributed by atoms with van der Waals surface area (Å²) >= 11 is 6.53. The lowest BCUT2D eigenvalue weighted by Gasteiger charge is -2.35. The molecule has 4 aromatic rings. The number of carbonyl (C=O) groups excluding carboxylic acids is 2. The van der Waals surface area contributed by atoms with Crippen LogP contribution in [0, 0.1) is 6.92 Å². The maximum Gasteiger partial charge on any atom is 0.264 e. The molecule has 2 amide bonds. The van der Waals surface area contributed by atoms with Gasteiger partial charge >= 0.3 is 0 Å². The number of aryl methyl sites for hydroxylation is 1. The first-order chi connectivity index (χ1) is 20.8. The minimum Gasteiger partial charge on any atom is -0.350 e. The summed E-state index contributed by atoms with van der Waals surface area (Å²) < 4.78 is 29.3. The van der Waals surface area contributed by atoms with E-state index in [-0.39, 0.29) is 34.5 Å². The molecule has 1 atom stereocenters. The van der Waals surface area contributed by atoms with Gasteiger partial charge in [0.1, 0.15) is 12.6 Å². The number of hydrogen-bond acceptors (Lipinski definition) is 4. The van der Waals surface area contributed by atoms with Crippen molar-refractivity contribution in [3.8, 4) is 0 Å². The first-order valence-electron chi connectivity index (χ1n) is 14.4. The molecule has 0 aliphatic carbocycles. The number of rotatable bonds is 11. The van der Waals surface area contributed by atoms with Gasteiger partial charge in [-0.2, -0.15) is 0 Å². The molecule has 0 heterocycles. The second-order valence-corrected chi connectivity index (χ2v) is 14.0. The summed E-state index contributed by atoms with van der Waals surface area (Å²) in [5.41, 5.74) is 2.16. The maximum atomic E-state index is 14.5.